The van der Waals surface area contributed by atoms with Crippen molar-refractivity contribution in [2.24, 2.45) is 16.7 Å². The van der Waals surface area contributed by atoms with Crippen LogP contribution in [0.4, 0.5) is 26.3 Å². The minimum absolute atomic E-state index is 0.0767. The van der Waals surface area contributed by atoms with Crippen molar-refractivity contribution in [3.05, 3.63) is 51.8 Å². The van der Waals surface area contributed by atoms with E-state index in [2.05, 4.69) is 5.10 Å². The number of aromatic nitrogens is 2. The first-order valence-corrected chi connectivity index (χ1v) is 14.2. The number of Topliss-reactive ketones (excluding diaryl/α,β-unsaturated/α-hetero) is 1. The smallest absolute Gasteiger partial charge is 0.433 e. The van der Waals surface area contributed by atoms with Crippen LogP contribution in [0.15, 0.2) is 24.4 Å². The molecule has 2 fully saturated rings. The fraction of sp³-hybridized carbons (Fsp3) is 0.586. The topological polar surface area (TPSA) is 92.5 Å². The molecule has 1 aromatic carbocycles. The zero-order valence-corrected chi connectivity index (χ0v) is 24.5. The van der Waals surface area contributed by atoms with Crippen LogP contribution in [0.25, 0.3) is 0 Å². The number of amides is 1. The maximum atomic E-state index is 14.5. The molecule has 1 amide bonds. The van der Waals surface area contributed by atoms with Crippen molar-refractivity contribution >= 4 is 29.3 Å². The van der Waals surface area contributed by atoms with Crippen molar-refractivity contribution in [1.82, 2.24) is 14.7 Å². The van der Waals surface area contributed by atoms with Crippen LogP contribution in [0, 0.1) is 16.7 Å². The number of carboxylic acid groups (broad SMARTS) is 1. The van der Waals surface area contributed by atoms with E-state index in [1.807, 2.05) is 13.8 Å². The van der Waals surface area contributed by atoms with Gasteiger partial charge in [0.1, 0.15) is 0 Å². The zero-order valence-electron chi connectivity index (χ0n) is 23.8. The predicted molar refractivity (Wildman–Crippen MR) is 144 cm³/mol. The molecule has 14 heteroatoms. The first kappa shape index (κ1) is 32.8. The molecule has 0 radical (unpaired) electrons. The van der Waals surface area contributed by atoms with Gasteiger partial charge in [-0.05, 0) is 68.9 Å². The molecule has 0 spiro atoms. The maximum Gasteiger partial charge on any atom is 0.433 e. The summed E-state index contributed by atoms with van der Waals surface area (Å²) in [5, 5.41) is 12.9. The van der Waals surface area contributed by atoms with Gasteiger partial charge in [0.2, 0.25) is 0 Å². The van der Waals surface area contributed by atoms with Crippen molar-refractivity contribution < 1.29 is 45.8 Å². The molecular weight excluding hydrogens is 604 g/mol. The first-order valence-electron chi connectivity index (χ1n) is 13.8. The lowest BCUT2D eigenvalue weighted by Crippen LogP contribution is -2.45. The van der Waals surface area contributed by atoms with Gasteiger partial charge < -0.3 is 10.0 Å². The van der Waals surface area contributed by atoms with E-state index in [9.17, 15) is 45.8 Å². The molecule has 0 aliphatic heterocycles. The van der Waals surface area contributed by atoms with Gasteiger partial charge in [-0.1, -0.05) is 31.5 Å². The number of carbonyl (C=O) groups excluding carboxylic acids is 2. The summed E-state index contributed by atoms with van der Waals surface area (Å²) in [7, 11) is 0. The highest BCUT2D eigenvalue weighted by molar-refractivity contribution is 6.34. The Balaban J connectivity index is 1.69. The molecule has 1 aromatic heterocycles. The number of aliphatic carboxylic acids is 1. The lowest BCUT2D eigenvalue weighted by atomic mass is 9.64. The highest BCUT2D eigenvalue weighted by atomic mass is 35.5. The van der Waals surface area contributed by atoms with Crippen molar-refractivity contribution in [2.75, 3.05) is 13.1 Å². The van der Waals surface area contributed by atoms with Crippen LogP contribution in [0.1, 0.15) is 97.3 Å². The summed E-state index contributed by atoms with van der Waals surface area (Å²) in [4.78, 5) is 39.5. The number of benzene rings is 1. The molecule has 2 aliphatic carbocycles. The number of hydrogen-bond acceptors (Lipinski definition) is 4. The Hall–Kier alpha value is -3.09. The fourth-order valence-corrected chi connectivity index (χ4v) is 6.69. The second kappa shape index (κ2) is 11.4. The Morgan fingerprint density at radius 1 is 1.05 bits per heavy atom. The van der Waals surface area contributed by atoms with Gasteiger partial charge in [-0.2, -0.15) is 31.4 Å². The quantitative estimate of drug-likeness (QED) is 0.239. The lowest BCUT2D eigenvalue weighted by Gasteiger charge is -2.44. The van der Waals surface area contributed by atoms with Gasteiger partial charge in [0, 0.05) is 6.54 Å². The second-order valence-electron chi connectivity index (χ2n) is 12.7. The van der Waals surface area contributed by atoms with Crippen LogP contribution >= 0.6 is 11.6 Å². The van der Waals surface area contributed by atoms with E-state index < -0.39 is 75.4 Å². The molecule has 4 rings (SSSR count). The van der Waals surface area contributed by atoms with E-state index >= 15 is 0 Å². The Labute approximate surface area is 249 Å². The van der Waals surface area contributed by atoms with Crippen molar-refractivity contribution in [3.63, 3.8) is 0 Å². The third-order valence-electron chi connectivity index (χ3n) is 8.60. The number of nitrogens with zero attached hydrogens (tertiary/aromatic N) is 3. The number of halogens is 7. The van der Waals surface area contributed by atoms with Crippen LogP contribution < -0.4 is 0 Å². The highest BCUT2D eigenvalue weighted by Crippen LogP contribution is 2.46. The zero-order chi connectivity index (χ0) is 32.1. The molecule has 1 heterocycles. The van der Waals surface area contributed by atoms with E-state index in [1.165, 1.54) is 6.92 Å². The molecule has 236 valence electrons. The van der Waals surface area contributed by atoms with Crippen LogP contribution in [0.5, 0.6) is 0 Å². The second-order valence-corrected chi connectivity index (χ2v) is 13.1. The summed E-state index contributed by atoms with van der Waals surface area (Å²) >= 11 is 5.98. The molecule has 2 aliphatic rings. The lowest BCUT2D eigenvalue weighted by molar-refractivity contribution is -0.152. The summed E-state index contributed by atoms with van der Waals surface area (Å²) < 4.78 is 85.2. The number of rotatable bonds is 8. The summed E-state index contributed by atoms with van der Waals surface area (Å²) in [6, 6.07) is 1.96. The molecule has 0 saturated heterocycles. The Morgan fingerprint density at radius 3 is 2.16 bits per heavy atom. The average molecular weight is 636 g/mol. The Morgan fingerprint density at radius 2 is 1.65 bits per heavy atom. The minimum Gasteiger partial charge on any atom is -0.481 e. The van der Waals surface area contributed by atoms with Gasteiger partial charge in [0.15, 0.2) is 11.5 Å². The van der Waals surface area contributed by atoms with Crippen molar-refractivity contribution in [2.45, 2.75) is 77.7 Å². The largest absolute Gasteiger partial charge is 0.481 e. The third kappa shape index (κ3) is 6.86. The van der Waals surface area contributed by atoms with Gasteiger partial charge in [0.25, 0.3) is 5.91 Å². The third-order valence-corrected chi connectivity index (χ3v) is 8.91. The summed E-state index contributed by atoms with van der Waals surface area (Å²) in [6.45, 7) is 4.37. The predicted octanol–water partition coefficient (Wildman–Crippen LogP) is 7.54. The normalized spacial score (nSPS) is 22.6. The molecule has 0 unspecified atom stereocenters. The van der Waals surface area contributed by atoms with Crippen LogP contribution in [-0.2, 0) is 17.1 Å². The SMILES string of the molecule is CC1(C)CC(CN(CC(=O)c2c(Cl)cccc2C(F)(F)F)C(=O)c2cnn(C3CCC(C)(C(=O)O)CC3)c2C(F)(F)F)C1. The standard InChI is InChI=1S/C29H32ClF6N3O4/c1-26(2)11-16(12-26)14-38(15-21(40)22-19(28(31,32)33)5-4-6-20(22)30)24(41)18-13-37-39(23(18)29(34,35)36)17-7-9-27(3,10-8-17)25(42)43/h4-6,13,16-17H,7-12,14-15H2,1-3H3,(H,42,43). The molecule has 7 nitrogen and oxygen atoms in total. The minimum atomic E-state index is -5.05. The summed E-state index contributed by atoms with van der Waals surface area (Å²) in [5.74, 6) is -3.59. The van der Waals surface area contributed by atoms with E-state index in [1.54, 1.807) is 0 Å². The number of carboxylic acids is 1. The van der Waals surface area contributed by atoms with Gasteiger partial charge in [-0.25, -0.2) is 0 Å². The molecular formula is C29H32ClF6N3O4. The molecule has 1 N–H and O–H groups in total. The average Bonchev–Trinajstić information content (AvgIpc) is 3.32. The number of alkyl halides is 6. The van der Waals surface area contributed by atoms with E-state index in [0.29, 0.717) is 23.6 Å². The van der Waals surface area contributed by atoms with Crippen LogP contribution in [0.3, 0.4) is 0 Å². The van der Waals surface area contributed by atoms with E-state index in [4.69, 9.17) is 11.6 Å². The highest BCUT2D eigenvalue weighted by Gasteiger charge is 2.46. The van der Waals surface area contributed by atoms with Crippen LogP contribution in [-0.4, -0.2) is 50.5 Å². The maximum absolute atomic E-state index is 14.5. The summed E-state index contributed by atoms with van der Waals surface area (Å²) in [5.41, 5.74) is -5.54. The van der Waals surface area contributed by atoms with Gasteiger partial charge in [-0.15, -0.1) is 0 Å². The molecule has 2 aromatic rings. The van der Waals surface area contributed by atoms with Gasteiger partial charge in [-0.3, -0.25) is 19.1 Å². The molecule has 0 atom stereocenters. The Bertz CT molecular complexity index is 1400. The number of carbonyl (C=O) groups is 3. The number of ketones is 1. The Kier molecular flexibility index (Phi) is 8.73. The van der Waals surface area contributed by atoms with Crippen LogP contribution in [0.2, 0.25) is 5.02 Å². The first-order chi connectivity index (χ1) is 19.7. The summed E-state index contributed by atoms with van der Waals surface area (Å²) in [6.07, 6.45) is -7.67. The van der Waals surface area contributed by atoms with E-state index in [-0.39, 0.29) is 43.6 Å². The van der Waals surface area contributed by atoms with Crippen molar-refractivity contribution in [3.8, 4) is 0 Å². The monoisotopic (exact) mass is 635 g/mol. The number of hydrogen-bond donors (Lipinski definition) is 1. The fourth-order valence-electron chi connectivity index (χ4n) is 6.41. The van der Waals surface area contributed by atoms with Gasteiger partial charge in [0.05, 0.1) is 45.9 Å². The molecule has 0 bridgehead atoms. The molecule has 2 saturated carbocycles. The van der Waals surface area contributed by atoms with Gasteiger partial charge >= 0.3 is 18.3 Å². The molecule has 43 heavy (non-hydrogen) atoms. The van der Waals surface area contributed by atoms with Crippen molar-refractivity contribution in [1.29, 1.82) is 0 Å². The van der Waals surface area contributed by atoms with E-state index in [0.717, 1.165) is 23.2 Å².